The van der Waals surface area contributed by atoms with Crippen LogP contribution in [0.15, 0.2) is 437 Å². The van der Waals surface area contributed by atoms with Crippen molar-refractivity contribution in [2.75, 3.05) is 0 Å². The van der Waals surface area contributed by atoms with Gasteiger partial charge in [-0.3, -0.25) is 0 Å². The topological polar surface area (TPSA) is 71.3 Å². The van der Waals surface area contributed by atoms with Gasteiger partial charge in [0.1, 0.15) is 0 Å². The van der Waals surface area contributed by atoms with Crippen LogP contribution in [0.5, 0.6) is 0 Å². The number of benzene rings is 18. The molecule has 0 amide bonds. The Morgan fingerprint density at radius 1 is 0.158 bits per heavy atom. The number of rotatable bonds is 12. The predicted octanol–water partition coefficient (Wildman–Crippen LogP) is 29.0. The summed E-state index contributed by atoms with van der Waals surface area (Å²) in [6, 6.07) is 156. The summed E-state index contributed by atoms with van der Waals surface area (Å²) in [5.41, 5.74) is 28.5. The lowest BCUT2D eigenvalue weighted by Gasteiger charge is -2.13. The average Bonchev–Trinajstić information content (AvgIpc) is 1.55. The van der Waals surface area contributed by atoms with Gasteiger partial charge in [0, 0.05) is 99.2 Å². The van der Waals surface area contributed by atoms with E-state index in [9.17, 15) is 0 Å². The first-order valence-corrected chi connectivity index (χ1v) is 40.8. The fourth-order valence-electron chi connectivity index (χ4n) is 18.4. The minimum atomic E-state index is 0.699. The van der Waals surface area contributed by atoms with Crippen molar-refractivity contribution in [1.82, 2.24) is 38.2 Å². The van der Waals surface area contributed by atoms with Gasteiger partial charge in [-0.25, -0.2) is 19.9 Å². The first kappa shape index (κ1) is 69.4. The fraction of sp³-hybridized carbons (Fsp3) is 0. The van der Waals surface area contributed by atoms with E-state index in [-0.39, 0.29) is 0 Å². The fourth-order valence-corrected chi connectivity index (χ4v) is 18.4. The molecule has 8 nitrogen and oxygen atoms in total. The van der Waals surface area contributed by atoms with Crippen molar-refractivity contribution in [2.24, 2.45) is 0 Å². The highest BCUT2D eigenvalue weighted by Gasteiger charge is 2.25. The third-order valence-electron chi connectivity index (χ3n) is 23.9. The number of hydrogen-bond donors (Lipinski definition) is 0. The molecule has 0 unspecified atom stereocenters. The molecule has 0 aliphatic heterocycles. The summed E-state index contributed by atoms with van der Waals surface area (Å²) in [6.45, 7) is 0. The van der Waals surface area contributed by atoms with Crippen LogP contribution in [0.2, 0.25) is 0 Å². The van der Waals surface area contributed by atoms with Gasteiger partial charge >= 0.3 is 0 Å². The zero-order valence-electron chi connectivity index (χ0n) is 65.1. The summed E-state index contributed by atoms with van der Waals surface area (Å²) in [7, 11) is 0. The summed E-state index contributed by atoms with van der Waals surface area (Å²) in [5, 5.41) is 14.4. The van der Waals surface area contributed by atoms with Gasteiger partial charge in [0.05, 0.1) is 66.9 Å². The van der Waals surface area contributed by atoms with Gasteiger partial charge in [-0.05, 0) is 141 Å². The molecule has 18 aromatic carbocycles. The molecule has 0 saturated carbocycles. The van der Waals surface area contributed by atoms with Gasteiger partial charge in [0.15, 0.2) is 11.6 Å². The maximum absolute atomic E-state index is 5.27. The predicted molar refractivity (Wildman–Crippen MR) is 500 cm³/mol. The normalized spacial score (nSPS) is 11.7. The number of nitrogens with zero attached hydrogens (tertiary/aromatic N) is 8. The van der Waals surface area contributed by atoms with Gasteiger partial charge in [0.25, 0.3) is 0 Å². The van der Waals surface area contributed by atoms with Crippen LogP contribution in [-0.2, 0) is 0 Å². The van der Waals surface area contributed by atoms with Crippen LogP contribution in [0.4, 0.5) is 0 Å². The maximum Gasteiger partial charge on any atom is 0.161 e. The van der Waals surface area contributed by atoms with Crippen molar-refractivity contribution < 1.29 is 0 Å². The van der Waals surface area contributed by atoms with Crippen molar-refractivity contribution in [1.29, 1.82) is 0 Å². The molecule has 0 saturated heterocycles. The van der Waals surface area contributed by atoms with E-state index in [1.165, 1.54) is 109 Å². The summed E-state index contributed by atoms with van der Waals surface area (Å²) in [6.07, 6.45) is 0. The van der Waals surface area contributed by atoms with Crippen molar-refractivity contribution in [3.05, 3.63) is 437 Å². The zero-order valence-corrected chi connectivity index (χ0v) is 65.1. The first-order chi connectivity index (χ1) is 59.5. The van der Waals surface area contributed by atoms with E-state index in [4.69, 9.17) is 19.9 Å². The van der Waals surface area contributed by atoms with Crippen LogP contribution in [0.25, 0.3) is 222 Å². The molecule has 8 heteroatoms. The lowest BCUT2D eigenvalue weighted by molar-refractivity contribution is 1.17. The van der Waals surface area contributed by atoms with Crippen LogP contribution in [0.1, 0.15) is 0 Å². The second kappa shape index (κ2) is 29.0. The van der Waals surface area contributed by atoms with E-state index in [1.807, 2.05) is 36.4 Å². The summed E-state index contributed by atoms with van der Waals surface area (Å²) >= 11 is 0. The Labute approximate surface area is 692 Å². The minimum Gasteiger partial charge on any atom is -0.309 e. The maximum atomic E-state index is 5.27. The Hall–Kier alpha value is -16.2. The molecule has 120 heavy (non-hydrogen) atoms. The largest absolute Gasteiger partial charge is 0.309 e. The van der Waals surface area contributed by atoms with E-state index >= 15 is 0 Å². The number of para-hydroxylation sites is 6. The van der Waals surface area contributed by atoms with Crippen LogP contribution in [-0.4, -0.2) is 38.2 Å². The third kappa shape index (κ3) is 11.8. The smallest absolute Gasteiger partial charge is 0.161 e. The molecule has 0 N–H and O–H groups in total. The number of aromatic nitrogens is 8. The van der Waals surface area contributed by atoms with Gasteiger partial charge in [-0.2, -0.15) is 0 Å². The number of fused-ring (bicyclic) bond motifs is 16. The molecule has 0 aliphatic carbocycles. The second-order valence-corrected chi connectivity index (χ2v) is 30.8. The third-order valence-corrected chi connectivity index (χ3v) is 23.9. The van der Waals surface area contributed by atoms with Crippen molar-refractivity contribution >= 4 is 109 Å². The summed E-state index contributed by atoms with van der Waals surface area (Å²) < 4.78 is 9.73. The Balaban J connectivity index is 0.000000140. The van der Waals surface area contributed by atoms with E-state index < -0.39 is 0 Å². The Morgan fingerprint density at radius 3 is 0.925 bits per heavy atom. The molecule has 0 fully saturated rings. The highest BCUT2D eigenvalue weighted by molar-refractivity contribution is 6.28. The molecule has 6 aromatic heterocycles. The monoisotopic (exact) mass is 1530 g/mol. The van der Waals surface area contributed by atoms with E-state index in [1.54, 1.807) is 0 Å². The first-order valence-electron chi connectivity index (χ1n) is 40.8. The molecule has 6 heterocycles. The van der Waals surface area contributed by atoms with Crippen molar-refractivity contribution in [2.45, 2.75) is 0 Å². The molecule has 24 aromatic rings. The van der Waals surface area contributed by atoms with Gasteiger partial charge in [-0.1, -0.05) is 340 Å². The van der Waals surface area contributed by atoms with Crippen LogP contribution in [0, 0.1) is 0 Å². The molecule has 0 atom stereocenters. The highest BCUT2D eigenvalue weighted by Crippen LogP contribution is 2.46. The van der Waals surface area contributed by atoms with Crippen molar-refractivity contribution in [3.63, 3.8) is 0 Å². The molecule has 0 radical (unpaired) electrons. The van der Waals surface area contributed by atoms with Gasteiger partial charge in [-0.15, -0.1) is 0 Å². The Kier molecular flexibility index (Phi) is 16.7. The zero-order chi connectivity index (χ0) is 79.1. The Bertz CT molecular complexity index is 7610. The lowest BCUT2D eigenvalue weighted by Crippen LogP contribution is -1.97. The van der Waals surface area contributed by atoms with Crippen LogP contribution in [0.3, 0.4) is 0 Å². The minimum absolute atomic E-state index is 0.699. The molecular formula is C112H72N8. The van der Waals surface area contributed by atoms with Crippen LogP contribution < -0.4 is 0 Å². The van der Waals surface area contributed by atoms with E-state index in [0.717, 1.165) is 100 Å². The summed E-state index contributed by atoms with van der Waals surface area (Å²) in [4.78, 5) is 20.9. The van der Waals surface area contributed by atoms with Gasteiger partial charge < -0.3 is 18.3 Å². The van der Waals surface area contributed by atoms with Crippen LogP contribution >= 0.6 is 0 Å². The quantitative estimate of drug-likeness (QED) is 0.122. The summed E-state index contributed by atoms with van der Waals surface area (Å²) in [5.74, 6) is 1.40. The highest BCUT2D eigenvalue weighted by atomic mass is 15.0. The van der Waals surface area contributed by atoms with E-state index in [0.29, 0.717) is 11.6 Å². The molecule has 0 spiro atoms. The lowest BCUT2D eigenvalue weighted by atomic mass is 9.99. The molecule has 24 rings (SSSR count). The molecular weight excluding hydrogens is 1460 g/mol. The van der Waals surface area contributed by atoms with Gasteiger partial charge in [0.2, 0.25) is 0 Å². The van der Waals surface area contributed by atoms with E-state index in [2.05, 4.69) is 419 Å². The molecule has 560 valence electrons. The molecule has 0 aliphatic rings. The molecule has 0 bridgehead atoms. The SMILES string of the molecule is c1ccc(-c2ccc(-c3cc(-c4cccc5cc(-n6c7ccccc7c7c6ccc6c8ccccc8n(-c8ccccc8)c67)ccc45)nc(-c4ccccc4)n3)cc2)cc1.c1ccc(-c2ccc(-c3cc(-c4ccccc4)nc(-c4cccc5cc(-n6c7ccccc7c7c6ccc6c8ccccc8n(-c8ccccc8)c67)ccc45)n3)cc2)cc1. The van der Waals surface area contributed by atoms with Crippen molar-refractivity contribution in [3.8, 4) is 113 Å². The standard InChI is InChI=1S/2C56H36N4/c1-4-15-37(16-5-1)38-27-29-39(30-28-38)49-36-50(58-56(57-49)40-17-6-2-7-18-40)45-24-14-19-41-35-43(31-32-44(41)45)59-52-26-13-11-23-48(52)54-53(59)34-33-47-46-22-10-12-25-51(46)60(55(47)54)42-20-8-3-9-21-42;1-4-15-37(16-5-1)38-27-29-40(30-28-38)50-36-49(39-17-6-2-7-18-39)57-56(58-50)47-24-14-19-41-35-43(31-32-44(41)47)59-52-26-13-11-23-48(52)54-53(59)34-33-46-45-22-10-12-25-51(45)60(55(46)54)42-20-8-3-9-21-42/h2*1-36H. The number of hydrogen-bond acceptors (Lipinski definition) is 4. The second-order valence-electron chi connectivity index (χ2n) is 30.8. The Morgan fingerprint density at radius 2 is 0.475 bits per heavy atom. The average molecular weight is 1530 g/mol.